The van der Waals surface area contributed by atoms with Crippen molar-refractivity contribution >= 4 is 29.9 Å². The van der Waals surface area contributed by atoms with Gasteiger partial charge < -0.3 is 15.0 Å². The van der Waals surface area contributed by atoms with E-state index in [9.17, 15) is 4.79 Å². The summed E-state index contributed by atoms with van der Waals surface area (Å²) in [6, 6.07) is 5.31. The molecule has 0 bridgehead atoms. The lowest BCUT2D eigenvalue weighted by molar-refractivity contribution is 0.0827. The van der Waals surface area contributed by atoms with Gasteiger partial charge in [0.05, 0.1) is 17.2 Å². The lowest BCUT2D eigenvalue weighted by Gasteiger charge is -2.23. The van der Waals surface area contributed by atoms with E-state index >= 15 is 0 Å². The Kier molecular flexibility index (Phi) is 7.01. The van der Waals surface area contributed by atoms with Gasteiger partial charge in [0.15, 0.2) is 0 Å². The second-order valence-electron chi connectivity index (χ2n) is 7.35. The molecular formula is C19H28Cl2N2O2. The molecule has 1 heterocycles. The number of nitrogens with one attached hydrogen (secondary N) is 1. The molecule has 1 unspecified atom stereocenters. The summed E-state index contributed by atoms with van der Waals surface area (Å²) in [5.41, 5.74) is 1.17. The average Bonchev–Trinajstić information content (AvgIpc) is 3.23. The fourth-order valence-corrected chi connectivity index (χ4v) is 4.15. The summed E-state index contributed by atoms with van der Waals surface area (Å²) in [6.07, 6.45) is 6.42. The molecule has 1 N–H and O–H groups in total. The first-order chi connectivity index (χ1) is 11.5. The summed E-state index contributed by atoms with van der Waals surface area (Å²) in [4.78, 5) is 13.5. The van der Waals surface area contributed by atoms with Crippen LogP contribution in [0.3, 0.4) is 0 Å². The molecule has 0 radical (unpaired) electrons. The van der Waals surface area contributed by atoms with Crippen molar-refractivity contribution in [2.75, 3.05) is 33.8 Å². The van der Waals surface area contributed by atoms with Crippen molar-refractivity contribution < 1.29 is 9.53 Å². The van der Waals surface area contributed by atoms with Gasteiger partial charge in [-0.05, 0) is 74.7 Å². The minimum Gasteiger partial charge on any atom is -0.494 e. The van der Waals surface area contributed by atoms with Gasteiger partial charge in [0, 0.05) is 14.1 Å². The maximum atomic E-state index is 12.0. The second kappa shape index (κ2) is 8.61. The number of hydrogen-bond donors (Lipinski definition) is 1. The highest BCUT2D eigenvalue weighted by Crippen LogP contribution is 2.60. The van der Waals surface area contributed by atoms with Crippen molar-refractivity contribution in [3.63, 3.8) is 0 Å². The van der Waals surface area contributed by atoms with E-state index in [1.165, 1.54) is 43.7 Å². The highest BCUT2D eigenvalue weighted by atomic mass is 35.5. The SMILES string of the molecule is CN(C)C(=O)c1ccc(OCCCC2CC23CCNCC3)cc1Cl.Cl. The number of nitrogens with zero attached hydrogens (tertiary/aromatic N) is 1. The van der Waals surface area contributed by atoms with Gasteiger partial charge in [-0.15, -0.1) is 12.4 Å². The molecule has 0 aromatic heterocycles. The molecular weight excluding hydrogens is 359 g/mol. The van der Waals surface area contributed by atoms with Crippen LogP contribution in [0.1, 0.15) is 42.5 Å². The first kappa shape index (κ1) is 20.3. The Bertz CT molecular complexity index is 601. The van der Waals surface area contributed by atoms with E-state index in [0.717, 1.165) is 18.1 Å². The van der Waals surface area contributed by atoms with E-state index in [1.807, 2.05) is 6.07 Å². The van der Waals surface area contributed by atoms with Crippen LogP contribution in [-0.4, -0.2) is 44.6 Å². The molecule has 1 saturated heterocycles. The highest BCUT2D eigenvalue weighted by Gasteiger charge is 2.52. The zero-order valence-corrected chi connectivity index (χ0v) is 16.6. The third kappa shape index (κ3) is 4.81. The van der Waals surface area contributed by atoms with Crippen LogP contribution in [-0.2, 0) is 0 Å². The standard InChI is InChI=1S/C19H27ClN2O2.ClH/c1-22(2)18(23)16-6-5-15(12-17(16)20)24-11-3-4-14-13-19(14)7-9-21-10-8-19;/h5-6,12,14,21H,3-4,7-11,13H2,1-2H3;1H. The van der Waals surface area contributed by atoms with Crippen molar-refractivity contribution in [3.8, 4) is 5.75 Å². The van der Waals surface area contributed by atoms with Crippen LogP contribution in [0.5, 0.6) is 5.75 Å². The number of carbonyl (C=O) groups is 1. The molecule has 25 heavy (non-hydrogen) atoms. The van der Waals surface area contributed by atoms with Gasteiger partial charge in [0.25, 0.3) is 5.91 Å². The molecule has 1 saturated carbocycles. The lowest BCUT2D eigenvalue weighted by Crippen LogP contribution is -2.29. The number of benzene rings is 1. The summed E-state index contributed by atoms with van der Waals surface area (Å²) in [5.74, 6) is 1.54. The smallest absolute Gasteiger partial charge is 0.254 e. The number of rotatable bonds is 6. The average molecular weight is 387 g/mol. The van der Waals surface area contributed by atoms with E-state index in [0.29, 0.717) is 22.6 Å². The van der Waals surface area contributed by atoms with Crippen molar-refractivity contribution in [3.05, 3.63) is 28.8 Å². The maximum absolute atomic E-state index is 12.0. The minimum absolute atomic E-state index is 0. The Morgan fingerprint density at radius 1 is 1.36 bits per heavy atom. The molecule has 3 rings (SSSR count). The minimum atomic E-state index is -0.0902. The van der Waals surface area contributed by atoms with Crippen LogP contribution in [0, 0.1) is 11.3 Å². The molecule has 1 aliphatic carbocycles. The van der Waals surface area contributed by atoms with Gasteiger partial charge in [-0.25, -0.2) is 0 Å². The first-order valence-electron chi connectivity index (χ1n) is 8.86. The number of ether oxygens (including phenoxy) is 1. The molecule has 1 spiro atoms. The third-order valence-electron chi connectivity index (χ3n) is 5.50. The Labute approximate surface area is 161 Å². The largest absolute Gasteiger partial charge is 0.494 e. The summed E-state index contributed by atoms with van der Waals surface area (Å²) in [5, 5.41) is 3.90. The molecule has 1 aromatic carbocycles. The van der Waals surface area contributed by atoms with Crippen LogP contribution >= 0.6 is 24.0 Å². The zero-order chi connectivity index (χ0) is 17.2. The summed E-state index contributed by atoms with van der Waals surface area (Å²) >= 11 is 6.21. The van der Waals surface area contributed by atoms with Crippen LogP contribution < -0.4 is 10.1 Å². The van der Waals surface area contributed by atoms with E-state index in [4.69, 9.17) is 16.3 Å². The van der Waals surface area contributed by atoms with Crippen LogP contribution in [0.4, 0.5) is 0 Å². The molecule has 1 atom stereocenters. The Balaban J connectivity index is 0.00000225. The summed E-state index contributed by atoms with van der Waals surface area (Å²) < 4.78 is 5.81. The van der Waals surface area contributed by atoms with E-state index in [-0.39, 0.29) is 18.3 Å². The van der Waals surface area contributed by atoms with Crippen LogP contribution in [0.25, 0.3) is 0 Å². The molecule has 1 aliphatic heterocycles. The topological polar surface area (TPSA) is 41.6 Å². The monoisotopic (exact) mass is 386 g/mol. The number of amides is 1. The molecule has 1 amide bonds. The maximum Gasteiger partial charge on any atom is 0.254 e. The quantitative estimate of drug-likeness (QED) is 0.750. The van der Waals surface area contributed by atoms with Crippen LogP contribution in [0.15, 0.2) is 18.2 Å². The number of piperidine rings is 1. The van der Waals surface area contributed by atoms with E-state index in [2.05, 4.69) is 5.32 Å². The van der Waals surface area contributed by atoms with Gasteiger partial charge in [-0.3, -0.25) is 4.79 Å². The Hall–Kier alpha value is -0.970. The van der Waals surface area contributed by atoms with Crippen LogP contribution in [0.2, 0.25) is 5.02 Å². The number of carbonyl (C=O) groups excluding carboxylic acids is 1. The van der Waals surface area contributed by atoms with Gasteiger partial charge in [0.2, 0.25) is 0 Å². The number of halogens is 2. The summed E-state index contributed by atoms with van der Waals surface area (Å²) in [7, 11) is 3.44. The van der Waals surface area contributed by atoms with Crippen molar-refractivity contribution in [1.29, 1.82) is 0 Å². The first-order valence-corrected chi connectivity index (χ1v) is 9.24. The van der Waals surface area contributed by atoms with Gasteiger partial charge in [0.1, 0.15) is 5.75 Å². The Morgan fingerprint density at radius 3 is 2.72 bits per heavy atom. The molecule has 2 aliphatic rings. The fourth-order valence-electron chi connectivity index (χ4n) is 3.90. The van der Waals surface area contributed by atoms with Gasteiger partial charge in [-0.1, -0.05) is 11.6 Å². The normalized spacial score (nSPS) is 20.7. The second-order valence-corrected chi connectivity index (χ2v) is 7.75. The highest BCUT2D eigenvalue weighted by molar-refractivity contribution is 6.34. The predicted octanol–water partition coefficient (Wildman–Crippen LogP) is 4.01. The van der Waals surface area contributed by atoms with Crippen molar-refractivity contribution in [2.45, 2.75) is 32.1 Å². The predicted molar refractivity (Wildman–Crippen MR) is 104 cm³/mol. The van der Waals surface area contributed by atoms with E-state index < -0.39 is 0 Å². The zero-order valence-electron chi connectivity index (χ0n) is 15.0. The fraction of sp³-hybridized carbons (Fsp3) is 0.632. The van der Waals surface area contributed by atoms with Crippen molar-refractivity contribution in [1.82, 2.24) is 10.2 Å². The summed E-state index contributed by atoms with van der Waals surface area (Å²) in [6.45, 7) is 3.08. The van der Waals surface area contributed by atoms with Crippen molar-refractivity contribution in [2.24, 2.45) is 11.3 Å². The molecule has 1 aromatic rings. The Morgan fingerprint density at radius 2 is 2.08 bits per heavy atom. The molecule has 2 fully saturated rings. The molecule has 140 valence electrons. The lowest BCUT2D eigenvalue weighted by atomic mass is 9.91. The third-order valence-corrected chi connectivity index (χ3v) is 5.81. The number of hydrogen-bond acceptors (Lipinski definition) is 3. The molecule has 6 heteroatoms. The van der Waals surface area contributed by atoms with Gasteiger partial charge >= 0.3 is 0 Å². The molecule has 4 nitrogen and oxygen atoms in total. The van der Waals surface area contributed by atoms with Gasteiger partial charge in [-0.2, -0.15) is 0 Å². The van der Waals surface area contributed by atoms with E-state index in [1.54, 1.807) is 26.2 Å².